The molecule has 28 heavy (non-hydrogen) atoms. The van der Waals surface area contributed by atoms with Crippen LogP contribution < -0.4 is 5.32 Å². The molecular formula is C21H19F3N2OS. The Hall–Kier alpha value is -2.67. The summed E-state index contributed by atoms with van der Waals surface area (Å²) in [5, 5.41) is 3.58. The van der Waals surface area contributed by atoms with Crippen LogP contribution in [0.3, 0.4) is 0 Å². The zero-order chi connectivity index (χ0) is 20.3. The van der Waals surface area contributed by atoms with E-state index in [2.05, 4.69) is 10.3 Å². The van der Waals surface area contributed by atoms with Gasteiger partial charge in [-0.3, -0.25) is 4.79 Å². The largest absolute Gasteiger partial charge is 0.417 e. The van der Waals surface area contributed by atoms with Crippen LogP contribution in [0.4, 0.5) is 13.2 Å². The van der Waals surface area contributed by atoms with Gasteiger partial charge in [0, 0.05) is 6.54 Å². The Bertz CT molecular complexity index is 978. The Labute approximate surface area is 165 Å². The number of thiazole rings is 1. The number of amides is 1. The van der Waals surface area contributed by atoms with Crippen molar-refractivity contribution in [2.24, 2.45) is 0 Å². The van der Waals surface area contributed by atoms with Crippen molar-refractivity contribution in [2.45, 2.75) is 26.4 Å². The van der Waals surface area contributed by atoms with Crippen molar-refractivity contribution < 1.29 is 18.0 Å². The van der Waals surface area contributed by atoms with Crippen LogP contribution in [0.2, 0.25) is 0 Å². The van der Waals surface area contributed by atoms with Crippen molar-refractivity contribution >= 4 is 17.2 Å². The maximum Gasteiger partial charge on any atom is 0.417 e. The summed E-state index contributed by atoms with van der Waals surface area (Å²) >= 11 is 1.64. The molecule has 0 fully saturated rings. The molecule has 3 nitrogen and oxygen atoms in total. The van der Waals surface area contributed by atoms with Crippen LogP contribution in [0.25, 0.3) is 10.4 Å². The lowest BCUT2D eigenvalue weighted by Crippen LogP contribution is -2.28. The van der Waals surface area contributed by atoms with Crippen molar-refractivity contribution in [3.05, 3.63) is 75.9 Å². The maximum atomic E-state index is 13.0. The van der Waals surface area contributed by atoms with E-state index in [-0.39, 0.29) is 12.1 Å². The summed E-state index contributed by atoms with van der Waals surface area (Å²) in [6.07, 6.45) is -4.03. The van der Waals surface area contributed by atoms with Gasteiger partial charge in [0.2, 0.25) is 0 Å². The minimum absolute atomic E-state index is 0.253. The third-order valence-electron chi connectivity index (χ3n) is 4.30. The highest BCUT2D eigenvalue weighted by Gasteiger charge is 2.34. The lowest BCUT2D eigenvalue weighted by molar-refractivity contribution is -0.137. The molecule has 0 unspecified atom stereocenters. The number of benzene rings is 2. The monoisotopic (exact) mass is 404 g/mol. The summed E-state index contributed by atoms with van der Waals surface area (Å²) in [6.45, 7) is 4.19. The first-order chi connectivity index (χ1) is 13.3. The number of hydrogen-bond acceptors (Lipinski definition) is 3. The number of halogens is 3. The molecule has 0 spiro atoms. The Balaban J connectivity index is 1.61. The van der Waals surface area contributed by atoms with Crippen molar-refractivity contribution in [1.29, 1.82) is 0 Å². The molecule has 0 bridgehead atoms. The second-order valence-corrected chi connectivity index (χ2v) is 7.60. The Morgan fingerprint density at radius 2 is 1.75 bits per heavy atom. The van der Waals surface area contributed by atoms with E-state index in [1.165, 1.54) is 18.2 Å². The normalized spacial score (nSPS) is 11.5. The van der Waals surface area contributed by atoms with Crippen LogP contribution in [0.15, 0.2) is 48.5 Å². The van der Waals surface area contributed by atoms with Gasteiger partial charge in [0.25, 0.3) is 5.91 Å². The minimum atomic E-state index is -4.56. The first-order valence-electron chi connectivity index (χ1n) is 8.73. The van der Waals surface area contributed by atoms with Crippen LogP contribution in [0.1, 0.15) is 32.2 Å². The van der Waals surface area contributed by atoms with E-state index >= 15 is 0 Å². The van der Waals surface area contributed by atoms with Crippen molar-refractivity contribution in [3.8, 4) is 10.4 Å². The Kier molecular flexibility index (Phi) is 5.84. The fourth-order valence-electron chi connectivity index (χ4n) is 2.97. The highest BCUT2D eigenvalue weighted by molar-refractivity contribution is 7.15. The molecule has 0 saturated carbocycles. The van der Waals surface area contributed by atoms with Gasteiger partial charge in [-0.1, -0.05) is 36.4 Å². The molecule has 0 saturated heterocycles. The summed E-state index contributed by atoms with van der Waals surface area (Å²) in [6, 6.07) is 12.7. The number of hydrogen-bond donors (Lipinski definition) is 1. The molecule has 1 N–H and O–H groups in total. The Morgan fingerprint density at radius 3 is 2.36 bits per heavy atom. The van der Waals surface area contributed by atoms with Crippen LogP contribution in [-0.4, -0.2) is 17.4 Å². The lowest BCUT2D eigenvalue weighted by atomic mass is 10.1. The van der Waals surface area contributed by atoms with Gasteiger partial charge in [0.05, 0.1) is 26.7 Å². The predicted molar refractivity (Wildman–Crippen MR) is 105 cm³/mol. The van der Waals surface area contributed by atoms with Crippen LogP contribution in [0, 0.1) is 13.8 Å². The van der Waals surface area contributed by atoms with Crippen molar-refractivity contribution in [1.82, 2.24) is 10.3 Å². The van der Waals surface area contributed by atoms with Gasteiger partial charge in [-0.15, -0.1) is 11.3 Å². The molecule has 0 aliphatic heterocycles. The lowest BCUT2D eigenvalue weighted by Gasteiger charge is -2.12. The van der Waals surface area contributed by atoms with Crippen LogP contribution in [-0.2, 0) is 12.6 Å². The topological polar surface area (TPSA) is 42.0 Å². The van der Waals surface area contributed by atoms with E-state index in [1.807, 2.05) is 38.1 Å². The zero-order valence-corrected chi connectivity index (χ0v) is 16.2. The fourth-order valence-corrected chi connectivity index (χ4v) is 3.89. The smallest absolute Gasteiger partial charge is 0.352 e. The SMILES string of the molecule is Cc1nc(C)c(-c2ccc(CCNC(=O)c3ccccc3C(F)(F)F)cc2)s1. The summed E-state index contributed by atoms with van der Waals surface area (Å²) in [4.78, 5) is 17.7. The molecule has 1 amide bonds. The molecule has 1 aromatic heterocycles. The number of carbonyl (C=O) groups excluding carboxylic acids is 1. The second-order valence-electron chi connectivity index (χ2n) is 6.39. The zero-order valence-electron chi connectivity index (χ0n) is 15.4. The average Bonchev–Trinajstić information content (AvgIpc) is 2.99. The molecule has 0 atom stereocenters. The molecule has 2 aromatic carbocycles. The molecule has 3 aromatic rings. The van der Waals surface area contributed by atoms with Gasteiger partial charge < -0.3 is 5.32 Å². The summed E-state index contributed by atoms with van der Waals surface area (Å²) < 4.78 is 39.1. The number of aromatic nitrogens is 1. The van der Waals surface area contributed by atoms with Gasteiger partial charge in [-0.05, 0) is 43.5 Å². The fraction of sp³-hybridized carbons (Fsp3) is 0.238. The van der Waals surface area contributed by atoms with E-state index in [9.17, 15) is 18.0 Å². The molecule has 0 radical (unpaired) electrons. The van der Waals surface area contributed by atoms with E-state index < -0.39 is 17.6 Å². The van der Waals surface area contributed by atoms with E-state index in [0.717, 1.165) is 32.8 Å². The van der Waals surface area contributed by atoms with Gasteiger partial charge in [0.1, 0.15) is 0 Å². The standard InChI is InChI=1S/C21H19F3N2OS/c1-13-19(28-14(2)26-13)16-9-7-15(8-10-16)11-12-25-20(27)17-5-3-4-6-18(17)21(22,23)24/h3-10H,11-12H2,1-2H3,(H,25,27). The molecule has 0 aliphatic carbocycles. The number of rotatable bonds is 5. The van der Waals surface area contributed by atoms with Gasteiger partial charge in [0.15, 0.2) is 0 Å². The highest BCUT2D eigenvalue weighted by atomic mass is 32.1. The minimum Gasteiger partial charge on any atom is -0.352 e. The summed E-state index contributed by atoms with van der Waals surface area (Å²) in [5.41, 5.74) is 1.78. The second kappa shape index (κ2) is 8.14. The summed E-state index contributed by atoms with van der Waals surface area (Å²) in [5.74, 6) is -0.722. The maximum absolute atomic E-state index is 13.0. The molecular weight excluding hydrogens is 385 g/mol. The number of nitrogens with one attached hydrogen (secondary N) is 1. The van der Waals surface area contributed by atoms with Crippen LogP contribution in [0.5, 0.6) is 0 Å². The molecule has 3 rings (SSSR count). The third-order valence-corrected chi connectivity index (χ3v) is 5.42. The Morgan fingerprint density at radius 1 is 1.07 bits per heavy atom. The van der Waals surface area contributed by atoms with Gasteiger partial charge >= 0.3 is 6.18 Å². The number of alkyl halides is 3. The highest BCUT2D eigenvalue weighted by Crippen LogP contribution is 2.32. The predicted octanol–water partition coefficient (Wildman–Crippen LogP) is 5.42. The number of nitrogens with zero attached hydrogens (tertiary/aromatic N) is 1. The third kappa shape index (κ3) is 4.59. The molecule has 1 heterocycles. The number of carbonyl (C=O) groups is 1. The average molecular weight is 404 g/mol. The van der Waals surface area contributed by atoms with Gasteiger partial charge in [-0.25, -0.2) is 4.98 Å². The van der Waals surface area contributed by atoms with Crippen LogP contribution >= 0.6 is 11.3 Å². The van der Waals surface area contributed by atoms with Crippen molar-refractivity contribution in [2.75, 3.05) is 6.54 Å². The molecule has 0 aliphatic rings. The van der Waals surface area contributed by atoms with Gasteiger partial charge in [-0.2, -0.15) is 13.2 Å². The summed E-state index contributed by atoms with van der Waals surface area (Å²) in [7, 11) is 0. The van der Waals surface area contributed by atoms with E-state index in [0.29, 0.717) is 6.42 Å². The quantitative estimate of drug-likeness (QED) is 0.617. The first-order valence-corrected chi connectivity index (χ1v) is 9.55. The molecule has 146 valence electrons. The van der Waals surface area contributed by atoms with E-state index in [4.69, 9.17) is 0 Å². The van der Waals surface area contributed by atoms with Crippen molar-refractivity contribution in [3.63, 3.8) is 0 Å². The number of aryl methyl sites for hydroxylation is 2. The van der Waals surface area contributed by atoms with E-state index in [1.54, 1.807) is 11.3 Å². The first kappa shape index (κ1) is 20.1. The molecule has 7 heteroatoms.